The van der Waals surface area contributed by atoms with Crippen LogP contribution in [0.25, 0.3) is 0 Å². The molecule has 0 aliphatic heterocycles. The van der Waals surface area contributed by atoms with Gasteiger partial charge in [-0.25, -0.2) is 8.42 Å². The minimum atomic E-state index is -3.16. The fraction of sp³-hybridized carbons (Fsp3) is 0.500. The minimum absolute atomic E-state index is 0.627. The van der Waals surface area contributed by atoms with Crippen molar-refractivity contribution in [3.63, 3.8) is 0 Å². The monoisotopic (exact) mass is 243 g/mol. The Hall–Kier alpha value is -1.03. The molecule has 0 aliphatic carbocycles. The van der Waals surface area contributed by atoms with Crippen molar-refractivity contribution in [2.75, 3.05) is 11.0 Å². The average molecular weight is 243 g/mol. The summed E-state index contributed by atoms with van der Waals surface area (Å²) in [6.45, 7) is 8.05. The first-order valence-corrected chi connectivity index (χ1v) is 7.39. The summed E-state index contributed by atoms with van der Waals surface area (Å²) >= 11 is 0. The van der Waals surface area contributed by atoms with Crippen LogP contribution in [0.5, 0.6) is 0 Å². The van der Waals surface area contributed by atoms with E-state index in [0.29, 0.717) is 5.69 Å². The van der Waals surface area contributed by atoms with Gasteiger partial charge in [0, 0.05) is 5.69 Å². The molecule has 0 saturated heterocycles. The maximum atomic E-state index is 11.0. The maximum absolute atomic E-state index is 11.0. The van der Waals surface area contributed by atoms with Crippen molar-refractivity contribution in [2.45, 2.75) is 34.1 Å². The van der Waals surface area contributed by atoms with Gasteiger partial charge in [-0.15, -0.1) is 0 Å². The second-order valence-electron chi connectivity index (χ2n) is 3.37. The third kappa shape index (κ3) is 5.16. The second-order valence-corrected chi connectivity index (χ2v) is 5.12. The van der Waals surface area contributed by atoms with E-state index in [9.17, 15) is 8.42 Å². The van der Waals surface area contributed by atoms with Crippen LogP contribution >= 0.6 is 0 Å². The zero-order valence-electron chi connectivity index (χ0n) is 10.7. The normalized spacial score (nSPS) is 10.3. The third-order valence-corrected chi connectivity index (χ3v) is 2.63. The summed E-state index contributed by atoms with van der Waals surface area (Å²) in [4.78, 5) is 0. The molecule has 0 radical (unpaired) electrons. The highest BCUT2D eigenvalue weighted by molar-refractivity contribution is 7.92. The van der Waals surface area contributed by atoms with Crippen LogP contribution in [0.15, 0.2) is 18.2 Å². The summed E-state index contributed by atoms with van der Waals surface area (Å²) in [7, 11) is -3.16. The molecule has 0 spiro atoms. The number of hydrogen-bond donors (Lipinski definition) is 1. The summed E-state index contributed by atoms with van der Waals surface area (Å²) in [6, 6.07) is 5.58. The summed E-state index contributed by atoms with van der Waals surface area (Å²) in [5, 5.41) is 0. The van der Waals surface area contributed by atoms with Crippen molar-refractivity contribution >= 4 is 15.7 Å². The smallest absolute Gasteiger partial charge is 0.229 e. The fourth-order valence-corrected chi connectivity index (χ4v) is 1.93. The Morgan fingerprint density at radius 1 is 1.25 bits per heavy atom. The number of aryl methyl sites for hydroxylation is 2. The first-order valence-electron chi connectivity index (χ1n) is 5.49. The van der Waals surface area contributed by atoms with Gasteiger partial charge in [0.1, 0.15) is 0 Å². The van der Waals surface area contributed by atoms with Crippen LogP contribution in [0.3, 0.4) is 0 Å². The van der Waals surface area contributed by atoms with E-state index in [1.165, 1.54) is 5.56 Å². The van der Waals surface area contributed by atoms with Crippen LogP contribution in [-0.4, -0.2) is 14.7 Å². The number of nitrogens with one attached hydrogen (secondary N) is 1. The molecule has 3 nitrogen and oxygen atoms in total. The van der Waals surface area contributed by atoms with Crippen molar-refractivity contribution in [1.82, 2.24) is 0 Å². The molecule has 0 aromatic heterocycles. The standard InChI is InChI=1S/C10H15NO2S.C2H6/c1-4-9-5-6-10(7-8(9)2)11-14(3,12)13;1-2/h5-7,11H,4H2,1-3H3;1-2H3. The Bertz CT molecular complexity index is 425. The molecule has 0 fully saturated rings. The number of hydrogen-bond acceptors (Lipinski definition) is 2. The quantitative estimate of drug-likeness (QED) is 0.887. The molecule has 0 amide bonds. The van der Waals surface area contributed by atoms with Crippen LogP contribution in [0.2, 0.25) is 0 Å². The molecule has 1 aromatic carbocycles. The van der Waals surface area contributed by atoms with Gasteiger partial charge in [-0.3, -0.25) is 4.72 Å². The Morgan fingerprint density at radius 3 is 2.19 bits per heavy atom. The van der Waals surface area contributed by atoms with Crippen LogP contribution in [0.1, 0.15) is 31.9 Å². The minimum Gasteiger partial charge on any atom is -0.284 e. The predicted molar refractivity (Wildman–Crippen MR) is 70.4 cm³/mol. The first-order chi connectivity index (χ1) is 7.42. The van der Waals surface area contributed by atoms with Gasteiger partial charge in [-0.2, -0.15) is 0 Å². The summed E-state index contributed by atoms with van der Waals surface area (Å²) in [5.74, 6) is 0. The molecule has 1 aromatic rings. The lowest BCUT2D eigenvalue weighted by Crippen LogP contribution is -2.09. The van der Waals surface area contributed by atoms with E-state index in [-0.39, 0.29) is 0 Å². The van der Waals surface area contributed by atoms with Crippen molar-refractivity contribution in [1.29, 1.82) is 0 Å². The molecular weight excluding hydrogens is 222 g/mol. The maximum Gasteiger partial charge on any atom is 0.229 e. The zero-order valence-corrected chi connectivity index (χ0v) is 11.5. The van der Waals surface area contributed by atoms with E-state index < -0.39 is 10.0 Å². The molecule has 0 unspecified atom stereocenters. The third-order valence-electron chi connectivity index (χ3n) is 2.03. The molecule has 0 heterocycles. The Kier molecular flexibility index (Phi) is 6.11. The number of rotatable bonds is 3. The highest BCUT2D eigenvalue weighted by Gasteiger charge is 2.03. The van der Waals surface area contributed by atoms with E-state index in [4.69, 9.17) is 0 Å². The molecule has 0 aliphatic rings. The topological polar surface area (TPSA) is 46.2 Å². The van der Waals surface area contributed by atoms with Crippen molar-refractivity contribution in [2.24, 2.45) is 0 Å². The lowest BCUT2D eigenvalue weighted by Gasteiger charge is -2.07. The molecule has 4 heteroatoms. The zero-order chi connectivity index (χ0) is 12.8. The van der Waals surface area contributed by atoms with Gasteiger partial charge in [-0.05, 0) is 36.6 Å². The Labute approximate surface area is 98.9 Å². The molecule has 16 heavy (non-hydrogen) atoms. The van der Waals surface area contributed by atoms with Gasteiger partial charge in [0.05, 0.1) is 6.26 Å². The molecule has 0 atom stereocenters. The molecule has 1 N–H and O–H groups in total. The Balaban J connectivity index is 0.00000106. The van der Waals surface area contributed by atoms with Crippen molar-refractivity contribution in [3.05, 3.63) is 29.3 Å². The van der Waals surface area contributed by atoms with Crippen LogP contribution in [-0.2, 0) is 16.4 Å². The lowest BCUT2D eigenvalue weighted by molar-refractivity contribution is 0.607. The summed E-state index contributed by atoms with van der Waals surface area (Å²) in [5.41, 5.74) is 2.98. The van der Waals surface area contributed by atoms with Gasteiger partial charge in [0.2, 0.25) is 10.0 Å². The van der Waals surface area contributed by atoms with Crippen LogP contribution < -0.4 is 4.72 Å². The first kappa shape index (κ1) is 15.0. The van der Waals surface area contributed by atoms with Gasteiger partial charge < -0.3 is 0 Å². The van der Waals surface area contributed by atoms with E-state index in [1.807, 2.05) is 32.9 Å². The number of benzene rings is 1. The largest absolute Gasteiger partial charge is 0.284 e. The SMILES string of the molecule is CC.CCc1ccc(NS(C)(=O)=O)cc1C. The molecule has 92 valence electrons. The van der Waals surface area contributed by atoms with Gasteiger partial charge >= 0.3 is 0 Å². The van der Waals surface area contributed by atoms with Gasteiger partial charge in [0.15, 0.2) is 0 Å². The van der Waals surface area contributed by atoms with E-state index in [0.717, 1.165) is 18.2 Å². The van der Waals surface area contributed by atoms with E-state index >= 15 is 0 Å². The van der Waals surface area contributed by atoms with Gasteiger partial charge in [-0.1, -0.05) is 26.8 Å². The lowest BCUT2D eigenvalue weighted by atomic mass is 10.1. The fourth-order valence-electron chi connectivity index (χ4n) is 1.37. The van der Waals surface area contributed by atoms with Crippen molar-refractivity contribution in [3.8, 4) is 0 Å². The van der Waals surface area contributed by atoms with Gasteiger partial charge in [0.25, 0.3) is 0 Å². The van der Waals surface area contributed by atoms with E-state index in [1.54, 1.807) is 6.07 Å². The number of anilines is 1. The molecule has 1 rings (SSSR count). The van der Waals surface area contributed by atoms with Crippen molar-refractivity contribution < 1.29 is 8.42 Å². The highest BCUT2D eigenvalue weighted by Crippen LogP contribution is 2.16. The summed E-state index contributed by atoms with van der Waals surface area (Å²) in [6.07, 6.45) is 2.11. The highest BCUT2D eigenvalue weighted by atomic mass is 32.2. The molecule has 0 bridgehead atoms. The van der Waals surface area contributed by atoms with E-state index in [2.05, 4.69) is 11.6 Å². The molecule has 0 saturated carbocycles. The predicted octanol–water partition coefficient (Wildman–Crippen LogP) is 2.96. The summed E-state index contributed by atoms with van der Waals surface area (Å²) < 4.78 is 24.4. The van der Waals surface area contributed by atoms with Crippen LogP contribution in [0, 0.1) is 6.92 Å². The Morgan fingerprint density at radius 2 is 1.81 bits per heavy atom. The average Bonchev–Trinajstić information content (AvgIpc) is 2.18. The second kappa shape index (κ2) is 6.53. The van der Waals surface area contributed by atoms with Crippen LogP contribution in [0.4, 0.5) is 5.69 Å². The molecular formula is C12H21NO2S. The number of sulfonamides is 1.